The average molecular weight is 400 g/mol. The molecular weight excluding hydrogens is 362 g/mol. The Balaban J connectivity index is 2.22. The molecule has 7 heteroatoms. The van der Waals surface area contributed by atoms with Crippen LogP contribution < -0.4 is 0 Å². The van der Waals surface area contributed by atoms with Gasteiger partial charge in [-0.2, -0.15) is 0 Å². The minimum absolute atomic E-state index is 0.234. The number of carbonyl (C=O) groups excluding carboxylic acids is 2. The molecule has 1 saturated heterocycles. The lowest BCUT2D eigenvalue weighted by Gasteiger charge is -2.39. The van der Waals surface area contributed by atoms with Crippen LogP contribution in [0.15, 0.2) is 0 Å². The molecule has 0 aromatic heterocycles. The molecule has 0 spiro atoms. The standard InChI is InChI=1S/C21H37NO6/c1-12(2)15-10-9-13(3)11-16(15)27-19(24)21(7,25)17-18(26-8)22(14(4)23)20(5,6)28-17/h12-13,15-18,25H,9-11H2,1-8H3/t13-,15+,16-,17-,18?,21?/m1/s1. The van der Waals surface area contributed by atoms with E-state index in [9.17, 15) is 14.7 Å². The van der Waals surface area contributed by atoms with Gasteiger partial charge in [0, 0.05) is 14.0 Å². The molecule has 2 rings (SSSR count). The summed E-state index contributed by atoms with van der Waals surface area (Å²) in [7, 11) is 1.43. The first kappa shape index (κ1) is 23.1. The van der Waals surface area contributed by atoms with Gasteiger partial charge in [-0.05, 0) is 51.4 Å². The van der Waals surface area contributed by atoms with Crippen molar-refractivity contribution >= 4 is 11.9 Å². The Morgan fingerprint density at radius 1 is 1.29 bits per heavy atom. The molecule has 7 nitrogen and oxygen atoms in total. The molecule has 162 valence electrons. The van der Waals surface area contributed by atoms with Crippen LogP contribution in [0, 0.1) is 17.8 Å². The highest BCUT2D eigenvalue weighted by Crippen LogP contribution is 2.40. The lowest BCUT2D eigenvalue weighted by atomic mass is 9.75. The third-order valence-corrected chi connectivity index (χ3v) is 6.28. The number of aliphatic hydroxyl groups is 1. The summed E-state index contributed by atoms with van der Waals surface area (Å²) in [5.74, 6) is 0.134. The molecule has 0 bridgehead atoms. The fourth-order valence-corrected chi connectivity index (χ4v) is 4.67. The Bertz CT molecular complexity index is 587. The number of hydrogen-bond acceptors (Lipinski definition) is 6. The monoisotopic (exact) mass is 399 g/mol. The Hall–Kier alpha value is -1.18. The first-order valence-electron chi connectivity index (χ1n) is 10.3. The van der Waals surface area contributed by atoms with E-state index in [-0.39, 0.29) is 17.9 Å². The Kier molecular flexibility index (Phi) is 6.83. The molecule has 1 aliphatic carbocycles. The number of carbonyl (C=O) groups is 2. The summed E-state index contributed by atoms with van der Waals surface area (Å²) in [4.78, 5) is 26.5. The van der Waals surface area contributed by atoms with Gasteiger partial charge in [-0.1, -0.05) is 27.2 Å². The van der Waals surface area contributed by atoms with E-state index in [1.807, 2.05) is 0 Å². The maximum atomic E-state index is 13.0. The number of amides is 1. The number of hydrogen-bond donors (Lipinski definition) is 1. The molecule has 6 atom stereocenters. The van der Waals surface area contributed by atoms with Crippen LogP contribution in [0.3, 0.4) is 0 Å². The lowest BCUT2D eigenvalue weighted by Crippen LogP contribution is -2.56. The largest absolute Gasteiger partial charge is 0.460 e. The smallest absolute Gasteiger partial charge is 0.341 e. The van der Waals surface area contributed by atoms with Crippen LogP contribution >= 0.6 is 0 Å². The molecule has 1 amide bonds. The van der Waals surface area contributed by atoms with Gasteiger partial charge in [0.15, 0.2) is 11.8 Å². The topological polar surface area (TPSA) is 85.3 Å². The molecule has 1 N–H and O–H groups in total. The number of esters is 1. The van der Waals surface area contributed by atoms with Crippen LogP contribution in [0.4, 0.5) is 0 Å². The summed E-state index contributed by atoms with van der Waals surface area (Å²) in [5.41, 5.74) is -2.97. The molecule has 0 radical (unpaired) electrons. The van der Waals surface area contributed by atoms with Gasteiger partial charge in [-0.3, -0.25) is 9.69 Å². The summed E-state index contributed by atoms with van der Waals surface area (Å²) in [6.07, 6.45) is 0.734. The molecule has 2 fully saturated rings. The molecular formula is C21H37NO6. The predicted molar refractivity (Wildman–Crippen MR) is 104 cm³/mol. The van der Waals surface area contributed by atoms with Crippen LogP contribution in [-0.4, -0.2) is 58.8 Å². The number of ether oxygens (including phenoxy) is 3. The summed E-state index contributed by atoms with van der Waals surface area (Å²) in [6.45, 7) is 12.6. The van der Waals surface area contributed by atoms with Crippen LogP contribution in [0.5, 0.6) is 0 Å². The normalized spacial score (nSPS) is 34.9. The van der Waals surface area contributed by atoms with E-state index in [4.69, 9.17) is 14.2 Å². The highest BCUT2D eigenvalue weighted by molar-refractivity contribution is 5.81. The van der Waals surface area contributed by atoms with E-state index < -0.39 is 29.6 Å². The van der Waals surface area contributed by atoms with Crippen LogP contribution in [0.25, 0.3) is 0 Å². The van der Waals surface area contributed by atoms with Crippen molar-refractivity contribution in [1.82, 2.24) is 4.90 Å². The van der Waals surface area contributed by atoms with Gasteiger partial charge < -0.3 is 19.3 Å². The molecule has 28 heavy (non-hydrogen) atoms. The molecule has 1 aliphatic heterocycles. The van der Waals surface area contributed by atoms with Crippen molar-refractivity contribution in [3.63, 3.8) is 0 Å². The molecule has 0 aromatic carbocycles. The average Bonchev–Trinajstić information content (AvgIpc) is 2.85. The van der Waals surface area contributed by atoms with E-state index in [2.05, 4.69) is 20.8 Å². The fraction of sp³-hybridized carbons (Fsp3) is 0.905. The van der Waals surface area contributed by atoms with Crippen molar-refractivity contribution in [1.29, 1.82) is 0 Å². The summed E-state index contributed by atoms with van der Waals surface area (Å²) in [5, 5.41) is 11.1. The zero-order valence-electron chi connectivity index (χ0n) is 18.5. The summed E-state index contributed by atoms with van der Waals surface area (Å²) < 4.78 is 17.2. The second kappa shape index (κ2) is 8.28. The van der Waals surface area contributed by atoms with E-state index in [1.54, 1.807) is 13.8 Å². The van der Waals surface area contributed by atoms with E-state index in [0.717, 1.165) is 19.3 Å². The Morgan fingerprint density at radius 2 is 1.89 bits per heavy atom. The van der Waals surface area contributed by atoms with E-state index >= 15 is 0 Å². The van der Waals surface area contributed by atoms with Crippen molar-refractivity contribution in [3.8, 4) is 0 Å². The van der Waals surface area contributed by atoms with Crippen molar-refractivity contribution in [2.24, 2.45) is 17.8 Å². The van der Waals surface area contributed by atoms with Gasteiger partial charge >= 0.3 is 5.97 Å². The first-order chi connectivity index (χ1) is 12.8. The van der Waals surface area contributed by atoms with Crippen LogP contribution in [-0.2, 0) is 23.8 Å². The number of rotatable bonds is 5. The van der Waals surface area contributed by atoms with Gasteiger partial charge in [0.25, 0.3) is 0 Å². The quantitative estimate of drug-likeness (QED) is 0.716. The van der Waals surface area contributed by atoms with Crippen molar-refractivity contribution in [3.05, 3.63) is 0 Å². The lowest BCUT2D eigenvalue weighted by molar-refractivity contribution is -0.199. The van der Waals surface area contributed by atoms with Crippen molar-refractivity contribution < 1.29 is 28.9 Å². The zero-order valence-corrected chi connectivity index (χ0v) is 18.5. The SMILES string of the molecule is COC1[C@H](C(C)(O)C(=O)O[C@@H]2C[C@H](C)CC[C@H]2C(C)C)OC(C)(C)N1C(C)=O. The van der Waals surface area contributed by atoms with Gasteiger partial charge in [0.1, 0.15) is 17.9 Å². The molecule has 0 aromatic rings. The molecule has 1 heterocycles. The van der Waals surface area contributed by atoms with Crippen molar-refractivity contribution in [2.75, 3.05) is 7.11 Å². The molecule has 2 aliphatic rings. The third kappa shape index (κ3) is 4.36. The van der Waals surface area contributed by atoms with Crippen LogP contribution in [0.1, 0.15) is 67.7 Å². The number of nitrogens with zero attached hydrogens (tertiary/aromatic N) is 1. The second-order valence-corrected chi connectivity index (χ2v) is 9.42. The van der Waals surface area contributed by atoms with E-state index in [1.165, 1.54) is 25.9 Å². The first-order valence-corrected chi connectivity index (χ1v) is 10.3. The summed E-state index contributed by atoms with van der Waals surface area (Å²) in [6, 6.07) is 0. The van der Waals surface area contributed by atoms with E-state index in [0.29, 0.717) is 11.8 Å². The second-order valence-electron chi connectivity index (χ2n) is 9.42. The Labute approximate surface area is 168 Å². The van der Waals surface area contributed by atoms with Gasteiger partial charge in [-0.15, -0.1) is 0 Å². The Morgan fingerprint density at radius 3 is 2.39 bits per heavy atom. The summed E-state index contributed by atoms with van der Waals surface area (Å²) >= 11 is 0. The van der Waals surface area contributed by atoms with Gasteiger partial charge in [0.2, 0.25) is 5.91 Å². The van der Waals surface area contributed by atoms with Crippen molar-refractivity contribution in [2.45, 2.75) is 97.5 Å². The maximum Gasteiger partial charge on any atom is 0.341 e. The highest BCUT2D eigenvalue weighted by atomic mass is 16.6. The van der Waals surface area contributed by atoms with Gasteiger partial charge in [0.05, 0.1) is 0 Å². The maximum absolute atomic E-state index is 13.0. The molecule has 1 saturated carbocycles. The van der Waals surface area contributed by atoms with Gasteiger partial charge in [-0.25, -0.2) is 4.79 Å². The fourth-order valence-electron chi connectivity index (χ4n) is 4.67. The third-order valence-electron chi connectivity index (χ3n) is 6.28. The number of methoxy groups -OCH3 is 1. The minimum atomic E-state index is -1.95. The zero-order chi connectivity index (χ0) is 21.4. The molecule has 2 unspecified atom stereocenters. The highest BCUT2D eigenvalue weighted by Gasteiger charge is 2.59. The minimum Gasteiger partial charge on any atom is -0.460 e. The predicted octanol–water partition coefficient (Wildman–Crippen LogP) is 2.70. The van der Waals surface area contributed by atoms with Crippen LogP contribution in [0.2, 0.25) is 0 Å².